The number of rotatable bonds is 5. The number of pyridine rings is 1. The number of piperidine rings is 1. The van der Waals surface area contributed by atoms with E-state index in [0.29, 0.717) is 37.9 Å². The number of ether oxygens (including phenoxy) is 2. The molecule has 3 fully saturated rings. The number of carbonyl (C=O) groups excluding carboxylic acids is 1. The number of hydrogen-bond donors (Lipinski definition) is 0. The number of hydrogen-bond acceptors (Lipinski definition) is 6. The largest absolute Gasteiger partial charge is 0.379 e. The minimum atomic E-state index is 0.0314. The van der Waals surface area contributed by atoms with E-state index in [1.807, 2.05) is 29.3 Å². The van der Waals surface area contributed by atoms with Crippen LogP contribution in [0.1, 0.15) is 29.0 Å². The zero-order valence-corrected chi connectivity index (χ0v) is 18.2. The lowest BCUT2D eigenvalue weighted by Gasteiger charge is -2.36. The fourth-order valence-corrected chi connectivity index (χ4v) is 5.09. The maximum atomic E-state index is 13.3. The molecule has 1 amide bonds. The first-order valence-corrected chi connectivity index (χ1v) is 11.6. The minimum absolute atomic E-state index is 0.0314. The first-order valence-electron chi connectivity index (χ1n) is 11.6. The highest BCUT2D eigenvalue weighted by Gasteiger charge is 2.28. The zero-order valence-electron chi connectivity index (χ0n) is 18.2. The number of amides is 1. The minimum Gasteiger partial charge on any atom is -0.379 e. The molecule has 2 aromatic rings. The van der Waals surface area contributed by atoms with Gasteiger partial charge in [-0.15, -0.1) is 0 Å². The normalized spacial score (nSPS) is 24.0. The summed E-state index contributed by atoms with van der Waals surface area (Å²) in [6.07, 6.45) is 4.52. The van der Waals surface area contributed by atoms with Gasteiger partial charge in [-0.1, -0.05) is 6.07 Å². The van der Waals surface area contributed by atoms with Crippen molar-refractivity contribution < 1.29 is 14.3 Å². The summed E-state index contributed by atoms with van der Waals surface area (Å²) in [6.45, 7) is 10.3. The summed E-state index contributed by atoms with van der Waals surface area (Å²) in [5.41, 5.74) is 2.46. The summed E-state index contributed by atoms with van der Waals surface area (Å²) in [4.78, 5) is 25.0. The highest BCUT2D eigenvalue weighted by Crippen LogP contribution is 2.23. The number of morpholine rings is 2. The monoisotopic (exact) mass is 427 g/mol. The second-order valence-corrected chi connectivity index (χ2v) is 8.90. The molecule has 0 saturated carbocycles. The third-order valence-corrected chi connectivity index (χ3v) is 6.73. The van der Waals surface area contributed by atoms with Crippen LogP contribution in [0.5, 0.6) is 0 Å². The number of imidazole rings is 1. The number of likely N-dealkylation sites (tertiary alicyclic amines) is 1. The van der Waals surface area contributed by atoms with Crippen LogP contribution < -0.4 is 0 Å². The number of carbonyl (C=O) groups is 1. The van der Waals surface area contributed by atoms with Crippen LogP contribution in [-0.2, 0) is 16.0 Å². The molecule has 168 valence electrons. The Morgan fingerprint density at radius 2 is 1.77 bits per heavy atom. The molecular weight excluding hydrogens is 394 g/mol. The first-order chi connectivity index (χ1) is 15.3. The molecule has 0 bridgehead atoms. The average Bonchev–Trinajstić information content (AvgIpc) is 3.18. The van der Waals surface area contributed by atoms with Gasteiger partial charge in [-0.2, -0.15) is 0 Å². The van der Waals surface area contributed by atoms with Gasteiger partial charge in [-0.3, -0.25) is 14.6 Å². The van der Waals surface area contributed by atoms with Gasteiger partial charge in [-0.25, -0.2) is 4.98 Å². The van der Waals surface area contributed by atoms with Gasteiger partial charge in [0.05, 0.1) is 32.1 Å². The Kier molecular flexibility index (Phi) is 6.50. The van der Waals surface area contributed by atoms with Crippen LogP contribution in [0, 0.1) is 5.92 Å². The standard InChI is InChI=1S/C23H33N5O3/c29-23(27-10-14-31-15-11-27)22-20(28-7-2-1-5-21(28)24-22)18-26-6-3-4-19(17-26)16-25-8-12-30-13-9-25/h1-2,5,7,19H,3-4,6,8-18H2. The molecule has 2 aromatic heterocycles. The molecule has 0 radical (unpaired) electrons. The van der Waals surface area contributed by atoms with Crippen molar-refractivity contribution >= 4 is 11.6 Å². The van der Waals surface area contributed by atoms with Crippen molar-refractivity contribution in [2.75, 3.05) is 72.2 Å². The number of fused-ring (bicyclic) bond motifs is 1. The van der Waals surface area contributed by atoms with Crippen LogP contribution in [0.2, 0.25) is 0 Å². The second-order valence-electron chi connectivity index (χ2n) is 8.90. The van der Waals surface area contributed by atoms with Crippen molar-refractivity contribution in [3.63, 3.8) is 0 Å². The maximum absolute atomic E-state index is 13.3. The predicted molar refractivity (Wildman–Crippen MR) is 117 cm³/mol. The highest BCUT2D eigenvalue weighted by molar-refractivity contribution is 5.94. The Balaban J connectivity index is 1.33. The molecule has 8 heteroatoms. The first kappa shape index (κ1) is 20.9. The van der Waals surface area contributed by atoms with Crippen LogP contribution in [-0.4, -0.2) is 102 Å². The molecule has 5 heterocycles. The van der Waals surface area contributed by atoms with E-state index in [0.717, 1.165) is 63.8 Å². The smallest absolute Gasteiger partial charge is 0.274 e. The van der Waals surface area contributed by atoms with Crippen molar-refractivity contribution in [3.8, 4) is 0 Å². The number of aromatic nitrogens is 2. The summed E-state index contributed by atoms with van der Waals surface area (Å²) in [5, 5.41) is 0. The fourth-order valence-electron chi connectivity index (χ4n) is 5.09. The predicted octanol–water partition coefficient (Wildman–Crippen LogP) is 1.35. The Hall–Kier alpha value is -2.00. The van der Waals surface area contributed by atoms with Gasteiger partial charge in [0.2, 0.25) is 0 Å². The van der Waals surface area contributed by atoms with E-state index in [9.17, 15) is 4.79 Å². The van der Waals surface area contributed by atoms with E-state index in [2.05, 4.69) is 14.2 Å². The van der Waals surface area contributed by atoms with Crippen LogP contribution in [0.15, 0.2) is 24.4 Å². The Morgan fingerprint density at radius 1 is 1.00 bits per heavy atom. The quantitative estimate of drug-likeness (QED) is 0.718. The zero-order chi connectivity index (χ0) is 21.0. The van der Waals surface area contributed by atoms with Gasteiger partial charge in [-0.05, 0) is 37.4 Å². The summed E-state index contributed by atoms with van der Waals surface area (Å²) < 4.78 is 13.0. The van der Waals surface area contributed by atoms with Gasteiger partial charge < -0.3 is 18.8 Å². The van der Waals surface area contributed by atoms with E-state index in [1.54, 1.807) is 0 Å². The van der Waals surface area contributed by atoms with Crippen LogP contribution in [0.4, 0.5) is 0 Å². The van der Waals surface area contributed by atoms with Crippen molar-refractivity contribution in [1.29, 1.82) is 0 Å². The second kappa shape index (κ2) is 9.65. The summed E-state index contributed by atoms with van der Waals surface area (Å²) in [6, 6.07) is 5.98. The highest BCUT2D eigenvalue weighted by atomic mass is 16.5. The number of nitrogens with zero attached hydrogens (tertiary/aromatic N) is 5. The topological polar surface area (TPSA) is 62.6 Å². The fraction of sp³-hybridized carbons (Fsp3) is 0.652. The summed E-state index contributed by atoms with van der Waals surface area (Å²) in [5.74, 6) is 0.702. The van der Waals surface area contributed by atoms with Gasteiger partial charge >= 0.3 is 0 Å². The van der Waals surface area contributed by atoms with Crippen molar-refractivity contribution in [2.24, 2.45) is 5.92 Å². The van der Waals surface area contributed by atoms with Crippen molar-refractivity contribution in [1.82, 2.24) is 24.1 Å². The molecule has 0 aliphatic carbocycles. The van der Waals surface area contributed by atoms with E-state index in [-0.39, 0.29) is 5.91 Å². The molecule has 0 N–H and O–H groups in total. The lowest BCUT2D eigenvalue weighted by Crippen LogP contribution is -2.44. The van der Waals surface area contributed by atoms with Crippen molar-refractivity contribution in [3.05, 3.63) is 35.8 Å². The van der Waals surface area contributed by atoms with Gasteiger partial charge in [0.15, 0.2) is 5.69 Å². The van der Waals surface area contributed by atoms with Crippen molar-refractivity contribution in [2.45, 2.75) is 19.4 Å². The maximum Gasteiger partial charge on any atom is 0.274 e. The summed E-state index contributed by atoms with van der Waals surface area (Å²) in [7, 11) is 0. The molecule has 3 aliphatic heterocycles. The molecule has 5 rings (SSSR count). The molecule has 31 heavy (non-hydrogen) atoms. The molecule has 0 spiro atoms. The third kappa shape index (κ3) is 4.77. The molecule has 1 atom stereocenters. The Bertz CT molecular complexity index is 888. The average molecular weight is 428 g/mol. The van der Waals surface area contributed by atoms with Crippen LogP contribution in [0.3, 0.4) is 0 Å². The van der Waals surface area contributed by atoms with Crippen LogP contribution >= 0.6 is 0 Å². The van der Waals surface area contributed by atoms with E-state index in [1.165, 1.54) is 12.8 Å². The molecule has 8 nitrogen and oxygen atoms in total. The molecule has 0 aromatic carbocycles. The van der Waals surface area contributed by atoms with Gasteiger partial charge in [0.25, 0.3) is 5.91 Å². The molecular formula is C23H33N5O3. The van der Waals surface area contributed by atoms with E-state index in [4.69, 9.17) is 14.5 Å². The van der Waals surface area contributed by atoms with Gasteiger partial charge in [0, 0.05) is 52.0 Å². The summed E-state index contributed by atoms with van der Waals surface area (Å²) >= 11 is 0. The molecule has 1 unspecified atom stereocenters. The third-order valence-electron chi connectivity index (χ3n) is 6.73. The Labute approximate surface area is 183 Å². The van der Waals surface area contributed by atoms with Gasteiger partial charge in [0.1, 0.15) is 5.65 Å². The lowest BCUT2D eigenvalue weighted by molar-refractivity contribution is 0.0222. The van der Waals surface area contributed by atoms with E-state index >= 15 is 0 Å². The lowest BCUT2D eigenvalue weighted by atomic mass is 9.97. The van der Waals surface area contributed by atoms with Crippen LogP contribution in [0.25, 0.3) is 5.65 Å². The van der Waals surface area contributed by atoms with E-state index < -0.39 is 0 Å². The molecule has 3 saturated heterocycles. The Morgan fingerprint density at radius 3 is 2.58 bits per heavy atom. The SMILES string of the molecule is O=C(c1nc2ccccn2c1CN1CCCC(CN2CCOCC2)C1)N1CCOCC1. The molecule has 3 aliphatic rings.